The Labute approximate surface area is 382 Å². The summed E-state index contributed by atoms with van der Waals surface area (Å²) in [5.74, 6) is 0.649. The molecule has 2 heterocycles. The summed E-state index contributed by atoms with van der Waals surface area (Å²) in [6.07, 6.45) is 1.91. The van der Waals surface area contributed by atoms with Crippen molar-refractivity contribution in [1.29, 1.82) is 0 Å². The lowest BCUT2D eigenvalue weighted by atomic mass is 9.85. The maximum Gasteiger partial charge on any atom is 0.161 e. The van der Waals surface area contributed by atoms with Gasteiger partial charge in [0.2, 0.25) is 0 Å². The van der Waals surface area contributed by atoms with Crippen molar-refractivity contribution < 1.29 is 0 Å². The van der Waals surface area contributed by atoms with Crippen LogP contribution in [0.25, 0.3) is 78.5 Å². The highest BCUT2D eigenvalue weighted by Crippen LogP contribution is 2.37. The van der Waals surface area contributed by atoms with Gasteiger partial charge in [-0.25, -0.2) is 9.97 Å². The smallest absolute Gasteiger partial charge is 0.161 e. The zero-order valence-electron chi connectivity index (χ0n) is 39.9. The Kier molecular flexibility index (Phi) is 11.7. The number of hydrogen-bond donors (Lipinski definition) is 0. The van der Waals surface area contributed by atoms with E-state index in [1.807, 2.05) is 6.20 Å². The Morgan fingerprint density at radius 1 is 0.266 bits per heavy atom. The summed E-state index contributed by atoms with van der Waals surface area (Å²) in [4.78, 5) is 15.4. The fourth-order valence-corrected chi connectivity index (χ4v) is 8.16. The monoisotopic (exact) mass is 838 g/mol. The molecule has 2 aromatic heterocycles. The highest BCUT2D eigenvalue weighted by Gasteiger charge is 2.19. The van der Waals surface area contributed by atoms with Crippen molar-refractivity contribution in [3.8, 4) is 78.5 Å². The molecule has 0 radical (unpaired) electrons. The lowest BCUT2D eigenvalue weighted by Crippen LogP contribution is -2.10. The van der Waals surface area contributed by atoms with Crippen LogP contribution in [0.1, 0.15) is 105 Å². The van der Waals surface area contributed by atoms with E-state index in [4.69, 9.17) is 15.0 Å². The normalized spacial score (nSPS) is 12.4. The molecule has 0 saturated carbocycles. The van der Waals surface area contributed by atoms with Crippen LogP contribution in [0.15, 0.2) is 164 Å². The van der Waals surface area contributed by atoms with Gasteiger partial charge < -0.3 is 0 Å². The van der Waals surface area contributed by atoms with Crippen LogP contribution < -0.4 is 0 Å². The van der Waals surface area contributed by atoms with Crippen molar-refractivity contribution in [3.63, 3.8) is 0 Å². The first-order chi connectivity index (χ1) is 30.2. The molecule has 8 aromatic rings. The maximum absolute atomic E-state index is 5.15. The zero-order chi connectivity index (χ0) is 45.6. The largest absolute Gasteiger partial charge is 0.255 e. The van der Waals surface area contributed by atoms with Crippen molar-refractivity contribution in [2.45, 2.75) is 105 Å². The van der Waals surface area contributed by atoms with Gasteiger partial charge in [0.25, 0.3) is 0 Å². The lowest BCUT2D eigenvalue weighted by molar-refractivity contribution is 0.590. The van der Waals surface area contributed by atoms with Gasteiger partial charge in [0, 0.05) is 28.5 Å². The molecule has 0 aliphatic heterocycles. The Balaban J connectivity index is 1.16. The molecule has 0 spiro atoms. The minimum atomic E-state index is 0.0626. The van der Waals surface area contributed by atoms with Gasteiger partial charge in [0.15, 0.2) is 5.82 Å². The summed E-state index contributed by atoms with van der Waals surface area (Å²) in [7, 11) is 0. The molecular formula is C61H63N3. The summed E-state index contributed by atoms with van der Waals surface area (Å²) in [5.41, 5.74) is 19.3. The minimum absolute atomic E-state index is 0.0626. The van der Waals surface area contributed by atoms with E-state index in [0.717, 1.165) is 50.5 Å². The Hall–Kier alpha value is -6.45. The van der Waals surface area contributed by atoms with Crippen LogP contribution in [0.5, 0.6) is 0 Å². The summed E-state index contributed by atoms with van der Waals surface area (Å²) in [5, 5.41) is 0. The average molecular weight is 838 g/mol. The fourth-order valence-electron chi connectivity index (χ4n) is 8.16. The van der Waals surface area contributed by atoms with Crippen LogP contribution >= 0.6 is 0 Å². The van der Waals surface area contributed by atoms with E-state index in [0.29, 0.717) is 5.82 Å². The van der Waals surface area contributed by atoms with E-state index in [1.54, 1.807) is 0 Å². The van der Waals surface area contributed by atoms with Crippen molar-refractivity contribution in [3.05, 3.63) is 186 Å². The average Bonchev–Trinajstić information content (AvgIpc) is 3.28. The molecule has 0 aliphatic carbocycles. The molecule has 0 atom stereocenters. The summed E-state index contributed by atoms with van der Waals surface area (Å²) >= 11 is 0. The third-order valence-electron chi connectivity index (χ3n) is 12.4. The van der Waals surface area contributed by atoms with Gasteiger partial charge in [0.1, 0.15) is 0 Å². The van der Waals surface area contributed by atoms with Gasteiger partial charge in [0.05, 0.1) is 17.1 Å². The second-order valence-corrected chi connectivity index (χ2v) is 21.6. The molecule has 322 valence electrons. The third kappa shape index (κ3) is 9.85. The van der Waals surface area contributed by atoms with Gasteiger partial charge in [-0.05, 0) is 120 Å². The number of aromatic nitrogens is 3. The molecule has 0 fully saturated rings. The van der Waals surface area contributed by atoms with Crippen LogP contribution in [-0.4, -0.2) is 15.0 Å². The van der Waals surface area contributed by atoms with Crippen molar-refractivity contribution in [1.82, 2.24) is 15.0 Å². The topological polar surface area (TPSA) is 38.7 Å². The Morgan fingerprint density at radius 3 is 0.953 bits per heavy atom. The van der Waals surface area contributed by atoms with Gasteiger partial charge >= 0.3 is 0 Å². The molecule has 0 bridgehead atoms. The first-order valence-electron chi connectivity index (χ1n) is 22.7. The predicted molar refractivity (Wildman–Crippen MR) is 273 cm³/mol. The van der Waals surface area contributed by atoms with E-state index >= 15 is 0 Å². The van der Waals surface area contributed by atoms with Crippen LogP contribution in [0.4, 0.5) is 0 Å². The molecule has 0 amide bonds. The van der Waals surface area contributed by atoms with Gasteiger partial charge in [-0.3, -0.25) is 4.98 Å². The van der Waals surface area contributed by atoms with Crippen molar-refractivity contribution in [2.75, 3.05) is 0 Å². The Bertz CT molecular complexity index is 2740. The molecule has 3 heteroatoms. The minimum Gasteiger partial charge on any atom is -0.255 e. The first-order valence-corrected chi connectivity index (χ1v) is 22.7. The van der Waals surface area contributed by atoms with E-state index in [9.17, 15) is 0 Å². The Morgan fingerprint density at radius 2 is 0.594 bits per heavy atom. The van der Waals surface area contributed by atoms with Crippen molar-refractivity contribution >= 4 is 0 Å². The molecule has 0 aliphatic rings. The quantitative estimate of drug-likeness (QED) is 0.160. The number of hydrogen-bond acceptors (Lipinski definition) is 3. The lowest BCUT2D eigenvalue weighted by Gasteiger charge is -2.20. The van der Waals surface area contributed by atoms with Crippen LogP contribution in [0.2, 0.25) is 0 Å². The first kappa shape index (κ1) is 44.2. The molecule has 0 saturated heterocycles. The zero-order valence-corrected chi connectivity index (χ0v) is 39.9. The van der Waals surface area contributed by atoms with Crippen LogP contribution in [0, 0.1) is 0 Å². The number of pyridine rings is 1. The molecule has 6 aromatic carbocycles. The highest BCUT2D eigenvalue weighted by molar-refractivity contribution is 5.83. The van der Waals surface area contributed by atoms with Gasteiger partial charge in [-0.2, -0.15) is 0 Å². The molecular weight excluding hydrogens is 775 g/mol. The molecule has 0 N–H and O–H groups in total. The van der Waals surface area contributed by atoms with E-state index < -0.39 is 0 Å². The van der Waals surface area contributed by atoms with Crippen LogP contribution in [-0.2, 0) is 21.7 Å². The number of benzene rings is 6. The summed E-state index contributed by atoms with van der Waals surface area (Å²) in [6, 6.07) is 57.7. The SMILES string of the molecule is CC(C)(C)c1ccc(-c2cc(-c3ccc(C(C)(C)C)cc3)cc(-c3cccc(-c4ccc(-c5nc(-c6ccc(C(C)(C)C)cc6)cc(-c6ccc(C(C)(C)C)cc6)n5)cn4)c3)c2)cc1. The van der Waals surface area contributed by atoms with Crippen molar-refractivity contribution in [2.24, 2.45) is 0 Å². The number of nitrogens with zero attached hydrogens (tertiary/aromatic N) is 3. The molecule has 8 rings (SSSR count). The standard InChI is InChI=1S/C61H63N3/c1-58(2,3)50-25-16-40(17-26-50)47-35-48(41-18-27-51(28-19-41)59(4,5)6)37-49(36-47)44-14-13-15-45(34-44)54-33-24-46(39-62-54)57-63-55(42-20-29-52(30-21-42)60(7,8)9)38-56(64-57)43-22-31-53(32-23-43)61(10,11)12/h13-39H,1-12H3. The van der Waals surface area contributed by atoms with E-state index in [2.05, 4.69) is 241 Å². The van der Waals surface area contributed by atoms with Gasteiger partial charge in [-0.15, -0.1) is 0 Å². The molecule has 64 heavy (non-hydrogen) atoms. The maximum atomic E-state index is 5.15. The van der Waals surface area contributed by atoms with E-state index in [-0.39, 0.29) is 21.7 Å². The van der Waals surface area contributed by atoms with Crippen LogP contribution in [0.3, 0.4) is 0 Å². The highest BCUT2D eigenvalue weighted by atomic mass is 14.9. The summed E-state index contributed by atoms with van der Waals surface area (Å²) < 4.78 is 0. The third-order valence-corrected chi connectivity index (χ3v) is 12.4. The fraction of sp³-hybridized carbons (Fsp3) is 0.262. The second kappa shape index (κ2) is 16.9. The number of rotatable bonds is 7. The second-order valence-electron chi connectivity index (χ2n) is 21.6. The molecule has 3 nitrogen and oxygen atoms in total. The molecule has 0 unspecified atom stereocenters. The van der Waals surface area contributed by atoms with E-state index in [1.165, 1.54) is 44.5 Å². The summed E-state index contributed by atoms with van der Waals surface area (Å²) in [6.45, 7) is 27.0. The van der Waals surface area contributed by atoms with Gasteiger partial charge in [-0.1, -0.05) is 198 Å². The predicted octanol–water partition coefficient (Wildman–Crippen LogP) is 16.7.